The van der Waals surface area contributed by atoms with E-state index in [-0.39, 0.29) is 12.4 Å². The van der Waals surface area contributed by atoms with Crippen LogP contribution in [0.25, 0.3) is 0 Å². The third-order valence-corrected chi connectivity index (χ3v) is 4.91. The highest BCUT2D eigenvalue weighted by Gasteiger charge is 2.43. The van der Waals surface area contributed by atoms with Gasteiger partial charge in [-0.05, 0) is 38.0 Å². The van der Waals surface area contributed by atoms with Gasteiger partial charge < -0.3 is 9.84 Å². The van der Waals surface area contributed by atoms with E-state index in [9.17, 15) is 24.8 Å². The molecule has 0 radical (unpaired) electrons. The van der Waals surface area contributed by atoms with Crippen LogP contribution in [-0.4, -0.2) is 29.0 Å². The maximum atomic E-state index is 12.7. The van der Waals surface area contributed by atoms with Crippen LogP contribution < -0.4 is 5.11 Å². The number of nitro benzene ring substituents is 1. The number of ketones is 1. The molecule has 8 nitrogen and oxygen atoms in total. The number of esters is 1. The van der Waals surface area contributed by atoms with Crippen molar-refractivity contribution in [2.75, 3.05) is 6.61 Å². The first-order valence-corrected chi connectivity index (χ1v) is 8.78. The lowest BCUT2D eigenvalue weighted by Crippen LogP contribution is -2.37. The number of nitrogens with zero attached hydrogens (tertiary/aromatic N) is 2. The van der Waals surface area contributed by atoms with Crippen molar-refractivity contribution in [3.05, 3.63) is 45.1 Å². The highest BCUT2D eigenvalue weighted by atomic mass is 16.6. The van der Waals surface area contributed by atoms with Gasteiger partial charge in [0, 0.05) is 35.4 Å². The predicted molar refractivity (Wildman–Crippen MR) is 94.4 cm³/mol. The number of allylic oxidation sites excluding steroid dienone is 2. The molecule has 0 saturated heterocycles. The van der Waals surface area contributed by atoms with Gasteiger partial charge in [-0.3, -0.25) is 24.7 Å². The van der Waals surface area contributed by atoms with Crippen LogP contribution in [0.4, 0.5) is 5.69 Å². The number of hydrogen-bond acceptors (Lipinski definition) is 7. The zero-order valence-electron chi connectivity index (χ0n) is 15.1. The van der Waals surface area contributed by atoms with Gasteiger partial charge in [-0.25, -0.2) is 0 Å². The summed E-state index contributed by atoms with van der Waals surface area (Å²) in [7, 11) is 0. The molecule has 1 unspecified atom stereocenters. The SMILES string of the molecule is CCOC(=O)C1C(C)=NC2=C(C(=O)CCC2)[C@@H]1c1ccc([O-])c([N+](=O)[O-])c1. The molecule has 1 aromatic rings. The zero-order valence-corrected chi connectivity index (χ0v) is 15.1. The molecule has 8 heteroatoms. The third kappa shape index (κ3) is 3.34. The summed E-state index contributed by atoms with van der Waals surface area (Å²) in [4.78, 5) is 40.2. The van der Waals surface area contributed by atoms with Gasteiger partial charge in [0.15, 0.2) is 5.78 Å². The number of hydrogen-bond donors (Lipinski definition) is 0. The number of Topliss-reactive ketones (excluding diaryl/α,β-unsaturated/α-hetero) is 1. The maximum Gasteiger partial charge on any atom is 0.315 e. The summed E-state index contributed by atoms with van der Waals surface area (Å²) in [5, 5.41) is 23.0. The molecule has 27 heavy (non-hydrogen) atoms. The number of ether oxygens (including phenoxy) is 1. The van der Waals surface area contributed by atoms with Crippen LogP contribution in [0.1, 0.15) is 44.6 Å². The van der Waals surface area contributed by atoms with Crippen molar-refractivity contribution in [2.24, 2.45) is 10.9 Å². The average molecular weight is 371 g/mol. The van der Waals surface area contributed by atoms with Crippen LogP contribution in [0.2, 0.25) is 0 Å². The van der Waals surface area contributed by atoms with E-state index in [1.165, 1.54) is 6.07 Å². The minimum absolute atomic E-state index is 0.124. The Bertz CT molecular complexity index is 886. The van der Waals surface area contributed by atoms with Crippen LogP contribution in [0, 0.1) is 16.0 Å². The van der Waals surface area contributed by atoms with Crippen LogP contribution in [0.3, 0.4) is 0 Å². The highest BCUT2D eigenvalue weighted by molar-refractivity contribution is 6.08. The molecule has 0 spiro atoms. The van der Waals surface area contributed by atoms with Gasteiger partial charge in [-0.15, -0.1) is 0 Å². The molecule has 0 N–H and O–H groups in total. The summed E-state index contributed by atoms with van der Waals surface area (Å²) in [6.07, 6.45) is 1.61. The first-order valence-electron chi connectivity index (χ1n) is 8.78. The molecule has 1 heterocycles. The van der Waals surface area contributed by atoms with Gasteiger partial charge in [-0.1, -0.05) is 12.1 Å². The molecule has 3 rings (SSSR count). The van der Waals surface area contributed by atoms with Crippen LogP contribution in [0.15, 0.2) is 34.5 Å². The fourth-order valence-electron chi connectivity index (χ4n) is 3.77. The molecular weight excluding hydrogens is 352 g/mol. The second-order valence-electron chi connectivity index (χ2n) is 6.58. The van der Waals surface area contributed by atoms with Gasteiger partial charge in [-0.2, -0.15) is 0 Å². The maximum absolute atomic E-state index is 12.7. The summed E-state index contributed by atoms with van der Waals surface area (Å²) in [6, 6.07) is 3.70. The lowest BCUT2D eigenvalue weighted by molar-refractivity contribution is -0.398. The van der Waals surface area contributed by atoms with Gasteiger partial charge in [0.05, 0.1) is 11.5 Å². The van der Waals surface area contributed by atoms with Crippen molar-refractivity contribution in [1.82, 2.24) is 0 Å². The predicted octanol–water partition coefficient (Wildman–Crippen LogP) is 2.41. The summed E-state index contributed by atoms with van der Waals surface area (Å²) >= 11 is 0. The fraction of sp³-hybridized carbons (Fsp3) is 0.421. The van der Waals surface area contributed by atoms with E-state index in [0.29, 0.717) is 41.8 Å². The van der Waals surface area contributed by atoms with E-state index < -0.39 is 34.2 Å². The van der Waals surface area contributed by atoms with E-state index >= 15 is 0 Å². The highest BCUT2D eigenvalue weighted by Crippen LogP contribution is 2.44. The average Bonchev–Trinajstić information content (AvgIpc) is 2.61. The molecule has 0 saturated carbocycles. The Morgan fingerprint density at radius 3 is 2.78 bits per heavy atom. The molecule has 1 aromatic carbocycles. The largest absolute Gasteiger partial charge is 0.868 e. The minimum atomic E-state index is -0.858. The van der Waals surface area contributed by atoms with Crippen LogP contribution >= 0.6 is 0 Å². The fourth-order valence-corrected chi connectivity index (χ4v) is 3.77. The van der Waals surface area contributed by atoms with E-state index in [2.05, 4.69) is 4.99 Å². The normalized spacial score (nSPS) is 22.1. The van der Waals surface area contributed by atoms with Crippen LogP contribution in [-0.2, 0) is 14.3 Å². The molecule has 2 atom stereocenters. The van der Waals surface area contributed by atoms with E-state index in [1.807, 2.05) is 0 Å². The van der Waals surface area contributed by atoms with Crippen molar-refractivity contribution in [2.45, 2.75) is 39.0 Å². The van der Waals surface area contributed by atoms with Crippen molar-refractivity contribution in [1.29, 1.82) is 0 Å². The van der Waals surface area contributed by atoms with Gasteiger partial charge in [0.2, 0.25) is 0 Å². The number of carbonyl (C=O) groups is 2. The van der Waals surface area contributed by atoms with Crippen molar-refractivity contribution < 1.29 is 24.4 Å². The number of rotatable bonds is 4. The first kappa shape index (κ1) is 18.8. The van der Waals surface area contributed by atoms with Crippen molar-refractivity contribution in [3.8, 4) is 5.75 Å². The number of aliphatic imine (C=N–C) groups is 1. The first-order chi connectivity index (χ1) is 12.8. The topological polar surface area (TPSA) is 122 Å². The van der Waals surface area contributed by atoms with Crippen molar-refractivity contribution in [3.63, 3.8) is 0 Å². The molecule has 0 fully saturated rings. The molecule has 1 aliphatic carbocycles. The lowest BCUT2D eigenvalue weighted by atomic mass is 9.71. The second-order valence-corrected chi connectivity index (χ2v) is 6.58. The summed E-state index contributed by atoms with van der Waals surface area (Å²) in [6.45, 7) is 3.53. The Kier molecular flexibility index (Phi) is 5.07. The number of benzene rings is 1. The Labute approximate surface area is 155 Å². The smallest absolute Gasteiger partial charge is 0.315 e. The standard InChI is InChI=1S/C19H20N2O6/c1-3-27-19(24)16-10(2)20-12-5-4-6-15(23)18(12)17(16)11-7-8-14(22)13(9-11)21(25)26/h7-9,16-17,22H,3-6H2,1-2H3/p-1/t16?,17-/m1/s1. The zero-order chi connectivity index (χ0) is 19.7. The second kappa shape index (κ2) is 7.30. The Balaban J connectivity index is 2.20. The molecule has 142 valence electrons. The molecule has 1 aliphatic heterocycles. The van der Waals surface area contributed by atoms with E-state index in [0.717, 1.165) is 12.1 Å². The van der Waals surface area contributed by atoms with Gasteiger partial charge in [0.1, 0.15) is 5.92 Å². The van der Waals surface area contributed by atoms with Gasteiger partial charge in [0.25, 0.3) is 5.69 Å². The molecular formula is C19H19N2O6-. The number of nitro groups is 1. The third-order valence-electron chi connectivity index (χ3n) is 4.91. The molecule has 0 bridgehead atoms. The Morgan fingerprint density at radius 2 is 2.11 bits per heavy atom. The minimum Gasteiger partial charge on any atom is -0.868 e. The summed E-state index contributed by atoms with van der Waals surface area (Å²) in [5.74, 6) is -2.99. The summed E-state index contributed by atoms with van der Waals surface area (Å²) in [5.41, 5.74) is 1.30. The summed E-state index contributed by atoms with van der Waals surface area (Å²) < 4.78 is 5.17. The Hall–Kier alpha value is -3.03. The van der Waals surface area contributed by atoms with E-state index in [1.54, 1.807) is 13.8 Å². The molecule has 0 aromatic heterocycles. The quantitative estimate of drug-likeness (QED) is 0.455. The van der Waals surface area contributed by atoms with Crippen LogP contribution in [0.5, 0.6) is 5.75 Å². The van der Waals surface area contributed by atoms with Crippen molar-refractivity contribution >= 4 is 23.2 Å². The number of carbonyl (C=O) groups excluding carboxylic acids is 2. The van der Waals surface area contributed by atoms with Gasteiger partial charge >= 0.3 is 5.97 Å². The Morgan fingerprint density at radius 1 is 1.37 bits per heavy atom. The van der Waals surface area contributed by atoms with E-state index in [4.69, 9.17) is 4.74 Å². The lowest BCUT2D eigenvalue weighted by Gasteiger charge is -2.34. The molecule has 0 amide bonds. The monoisotopic (exact) mass is 371 g/mol. The molecule has 2 aliphatic rings.